The van der Waals surface area contributed by atoms with Crippen LogP contribution in [0.25, 0.3) is 0 Å². The fourth-order valence-electron chi connectivity index (χ4n) is 2.87. The number of benzene rings is 3. The first-order valence-corrected chi connectivity index (χ1v) is 8.46. The van der Waals surface area contributed by atoms with Gasteiger partial charge in [-0.15, -0.1) is 0 Å². The maximum atomic E-state index is 12.8. The van der Waals surface area contributed by atoms with Gasteiger partial charge in [-0.05, 0) is 36.2 Å². The fraction of sp³-hybridized carbons (Fsp3) is 0.174. The molecule has 2 heteroatoms. The summed E-state index contributed by atoms with van der Waals surface area (Å²) in [6.45, 7) is 3.99. The minimum absolute atomic E-state index is 0.165. The summed E-state index contributed by atoms with van der Waals surface area (Å²) in [7, 11) is 0. The van der Waals surface area contributed by atoms with Crippen LogP contribution in [0, 0.1) is 5.41 Å². The van der Waals surface area contributed by atoms with E-state index in [0.29, 0.717) is 6.42 Å². The number of Topliss-reactive ketones (excluding diaryl/α,β-unsaturated/α-hetero) is 1. The lowest BCUT2D eigenvalue weighted by Gasteiger charge is -2.23. The Balaban J connectivity index is 1.69. The molecule has 0 radical (unpaired) electrons. The molecule has 0 unspecified atom stereocenters. The van der Waals surface area contributed by atoms with E-state index in [-0.39, 0.29) is 5.78 Å². The summed E-state index contributed by atoms with van der Waals surface area (Å²) in [5, 5.41) is 0. The molecule has 2 nitrogen and oxygen atoms in total. The second kappa shape index (κ2) is 7.35. The van der Waals surface area contributed by atoms with E-state index in [0.717, 1.165) is 22.6 Å². The molecular formula is C23H22O2. The molecule has 0 bridgehead atoms. The van der Waals surface area contributed by atoms with E-state index in [9.17, 15) is 4.79 Å². The number of hydrogen-bond donors (Lipinski definition) is 0. The third kappa shape index (κ3) is 4.36. The topological polar surface area (TPSA) is 26.3 Å². The van der Waals surface area contributed by atoms with Crippen LogP contribution in [0.2, 0.25) is 0 Å². The largest absolute Gasteiger partial charge is 0.457 e. The molecule has 0 aliphatic rings. The van der Waals surface area contributed by atoms with Crippen molar-refractivity contribution < 1.29 is 9.53 Å². The Morgan fingerprint density at radius 3 is 1.88 bits per heavy atom. The van der Waals surface area contributed by atoms with Crippen molar-refractivity contribution in [3.8, 4) is 11.5 Å². The molecule has 3 aromatic carbocycles. The highest BCUT2D eigenvalue weighted by Gasteiger charge is 2.28. The van der Waals surface area contributed by atoms with Gasteiger partial charge in [0.25, 0.3) is 0 Å². The summed E-state index contributed by atoms with van der Waals surface area (Å²) in [4.78, 5) is 12.8. The van der Waals surface area contributed by atoms with Crippen molar-refractivity contribution in [3.05, 3.63) is 96.1 Å². The van der Waals surface area contributed by atoms with Gasteiger partial charge in [0.15, 0.2) is 5.78 Å². The van der Waals surface area contributed by atoms with Crippen molar-refractivity contribution in [1.29, 1.82) is 0 Å². The molecule has 0 fully saturated rings. The zero-order valence-electron chi connectivity index (χ0n) is 14.6. The van der Waals surface area contributed by atoms with Gasteiger partial charge in [0.1, 0.15) is 11.5 Å². The molecule has 0 atom stereocenters. The summed E-state index contributed by atoms with van der Waals surface area (Å²) in [5.41, 5.74) is 1.43. The molecule has 0 aliphatic heterocycles. The average molecular weight is 330 g/mol. The van der Waals surface area contributed by atoms with Gasteiger partial charge in [-0.2, -0.15) is 0 Å². The Bertz CT molecular complexity index is 819. The number of carbonyl (C=O) groups is 1. The van der Waals surface area contributed by atoms with Gasteiger partial charge in [0.2, 0.25) is 0 Å². The van der Waals surface area contributed by atoms with Crippen LogP contribution >= 0.6 is 0 Å². The lowest BCUT2D eigenvalue weighted by Crippen LogP contribution is -2.26. The minimum atomic E-state index is -0.455. The van der Waals surface area contributed by atoms with E-state index < -0.39 is 5.41 Å². The van der Waals surface area contributed by atoms with E-state index in [1.807, 2.05) is 98.8 Å². The fourth-order valence-corrected chi connectivity index (χ4v) is 2.87. The minimum Gasteiger partial charge on any atom is -0.457 e. The van der Waals surface area contributed by atoms with Crippen LogP contribution in [0.3, 0.4) is 0 Å². The van der Waals surface area contributed by atoms with Crippen molar-refractivity contribution in [2.24, 2.45) is 5.41 Å². The van der Waals surface area contributed by atoms with Gasteiger partial charge in [0.05, 0.1) is 0 Å². The second-order valence-corrected chi connectivity index (χ2v) is 6.81. The summed E-state index contributed by atoms with van der Waals surface area (Å²) in [6, 6.07) is 27.1. The van der Waals surface area contributed by atoms with Crippen molar-refractivity contribution in [2.75, 3.05) is 0 Å². The Hall–Kier alpha value is -2.87. The van der Waals surface area contributed by atoms with Crippen molar-refractivity contribution in [2.45, 2.75) is 20.3 Å². The monoisotopic (exact) mass is 330 g/mol. The zero-order valence-corrected chi connectivity index (χ0v) is 14.6. The lowest BCUT2D eigenvalue weighted by atomic mass is 9.79. The van der Waals surface area contributed by atoms with E-state index in [1.54, 1.807) is 0 Å². The molecule has 0 saturated carbocycles. The summed E-state index contributed by atoms with van der Waals surface area (Å²) in [5.74, 6) is 1.77. The third-order valence-electron chi connectivity index (χ3n) is 4.20. The van der Waals surface area contributed by atoms with E-state index >= 15 is 0 Å². The van der Waals surface area contributed by atoms with E-state index in [2.05, 4.69) is 0 Å². The quantitative estimate of drug-likeness (QED) is 0.524. The lowest BCUT2D eigenvalue weighted by molar-refractivity contribution is 0.0837. The standard InChI is InChI=1S/C23H22O2/c1-23(2,22(24)19-9-5-3-6-10-19)17-18-13-15-21(16-14-18)25-20-11-7-4-8-12-20/h3-16H,17H2,1-2H3. The first-order chi connectivity index (χ1) is 12.0. The number of ether oxygens (including phenoxy) is 1. The van der Waals surface area contributed by atoms with Crippen LogP contribution in [0.1, 0.15) is 29.8 Å². The summed E-state index contributed by atoms with van der Waals surface area (Å²) < 4.78 is 5.81. The van der Waals surface area contributed by atoms with Crippen molar-refractivity contribution in [3.63, 3.8) is 0 Å². The van der Waals surface area contributed by atoms with Gasteiger partial charge in [0, 0.05) is 11.0 Å². The highest BCUT2D eigenvalue weighted by molar-refractivity contribution is 6.00. The smallest absolute Gasteiger partial charge is 0.168 e. The Labute approximate surface area is 149 Å². The van der Waals surface area contributed by atoms with Crippen LogP contribution < -0.4 is 4.74 Å². The summed E-state index contributed by atoms with van der Waals surface area (Å²) >= 11 is 0. The Morgan fingerprint density at radius 2 is 1.28 bits per heavy atom. The SMILES string of the molecule is CC(C)(Cc1ccc(Oc2ccccc2)cc1)C(=O)c1ccccc1. The number of rotatable bonds is 6. The number of ketones is 1. The highest BCUT2D eigenvalue weighted by atomic mass is 16.5. The predicted molar refractivity (Wildman–Crippen MR) is 101 cm³/mol. The molecule has 0 saturated heterocycles. The first kappa shape index (κ1) is 17.0. The first-order valence-electron chi connectivity index (χ1n) is 8.46. The third-order valence-corrected chi connectivity index (χ3v) is 4.20. The molecule has 0 aromatic heterocycles. The molecule has 0 heterocycles. The highest BCUT2D eigenvalue weighted by Crippen LogP contribution is 2.28. The maximum absolute atomic E-state index is 12.8. The molecule has 3 aromatic rings. The molecule has 0 aliphatic carbocycles. The van der Waals surface area contributed by atoms with E-state index in [4.69, 9.17) is 4.74 Å². The van der Waals surface area contributed by atoms with Crippen LogP contribution in [0.15, 0.2) is 84.9 Å². The van der Waals surface area contributed by atoms with E-state index in [1.165, 1.54) is 0 Å². The molecule has 0 amide bonds. The van der Waals surface area contributed by atoms with Crippen LogP contribution in [0.4, 0.5) is 0 Å². The van der Waals surface area contributed by atoms with Gasteiger partial charge < -0.3 is 4.74 Å². The zero-order chi connectivity index (χ0) is 17.7. The second-order valence-electron chi connectivity index (χ2n) is 6.81. The number of carbonyl (C=O) groups excluding carboxylic acids is 1. The van der Waals surface area contributed by atoms with Gasteiger partial charge in [-0.1, -0.05) is 74.5 Å². The van der Waals surface area contributed by atoms with Gasteiger partial charge in [-0.3, -0.25) is 4.79 Å². The van der Waals surface area contributed by atoms with Crippen molar-refractivity contribution >= 4 is 5.78 Å². The molecule has 25 heavy (non-hydrogen) atoms. The van der Waals surface area contributed by atoms with Crippen LogP contribution in [0.5, 0.6) is 11.5 Å². The molecule has 126 valence electrons. The maximum Gasteiger partial charge on any atom is 0.168 e. The number of para-hydroxylation sites is 1. The Kier molecular flexibility index (Phi) is 4.99. The number of hydrogen-bond acceptors (Lipinski definition) is 2. The Morgan fingerprint density at radius 1 is 0.760 bits per heavy atom. The summed E-state index contributed by atoms with van der Waals surface area (Å²) in [6.07, 6.45) is 0.687. The van der Waals surface area contributed by atoms with Crippen LogP contribution in [-0.4, -0.2) is 5.78 Å². The van der Waals surface area contributed by atoms with Crippen molar-refractivity contribution in [1.82, 2.24) is 0 Å². The molecule has 0 N–H and O–H groups in total. The van der Waals surface area contributed by atoms with Gasteiger partial charge in [-0.25, -0.2) is 0 Å². The molecule has 0 spiro atoms. The van der Waals surface area contributed by atoms with Crippen LogP contribution in [-0.2, 0) is 6.42 Å². The normalized spacial score (nSPS) is 11.1. The molecule has 3 rings (SSSR count). The predicted octanol–water partition coefficient (Wildman–Crippen LogP) is 5.93. The molecular weight excluding hydrogens is 308 g/mol. The average Bonchev–Trinajstić information content (AvgIpc) is 2.64. The van der Waals surface area contributed by atoms with Gasteiger partial charge >= 0.3 is 0 Å².